The van der Waals surface area contributed by atoms with Crippen molar-refractivity contribution in [3.8, 4) is 5.75 Å². The summed E-state index contributed by atoms with van der Waals surface area (Å²) in [5.41, 5.74) is 7.65. The van der Waals surface area contributed by atoms with Gasteiger partial charge in [0.15, 0.2) is 5.17 Å². The van der Waals surface area contributed by atoms with E-state index in [0.29, 0.717) is 10.9 Å². The standard InChI is InChI=1S/C35H38F4N6O2S/c1-21(2)29-19-25(36)11-16-31(29)45-22(3)17-18-48-34(45)42-33(46)41-30-6-4-5-28(30)23-7-9-24(10-8-23)32-40-20-44(43-32)26-12-14-27(15-13-26)47-35(37,38)39/h7-16,19-22,28,30,32,43H,4-6,17-18H2,1-3H3,(H,41,46)/b42-34-. The summed E-state index contributed by atoms with van der Waals surface area (Å²) in [7, 11) is 0. The first-order chi connectivity index (χ1) is 22.9. The van der Waals surface area contributed by atoms with E-state index < -0.39 is 6.36 Å². The summed E-state index contributed by atoms with van der Waals surface area (Å²) in [5.74, 6) is 0.515. The van der Waals surface area contributed by atoms with Crippen molar-refractivity contribution in [1.82, 2.24) is 10.7 Å². The van der Waals surface area contributed by atoms with E-state index in [2.05, 4.69) is 49.4 Å². The summed E-state index contributed by atoms with van der Waals surface area (Å²) in [5, 5.41) is 5.45. The number of hydrogen-bond acceptors (Lipinski definition) is 6. The number of nitrogens with zero attached hydrogens (tertiary/aromatic N) is 4. The highest BCUT2D eigenvalue weighted by atomic mass is 32.2. The molecule has 254 valence electrons. The monoisotopic (exact) mass is 682 g/mol. The number of benzene rings is 3. The van der Waals surface area contributed by atoms with Gasteiger partial charge in [0.1, 0.15) is 24.1 Å². The molecule has 0 aromatic heterocycles. The van der Waals surface area contributed by atoms with Crippen LogP contribution in [0.4, 0.5) is 33.7 Å². The van der Waals surface area contributed by atoms with Gasteiger partial charge in [0, 0.05) is 29.4 Å². The van der Waals surface area contributed by atoms with Gasteiger partial charge in [-0.25, -0.2) is 14.2 Å². The van der Waals surface area contributed by atoms with Gasteiger partial charge in [-0.1, -0.05) is 56.3 Å². The zero-order valence-electron chi connectivity index (χ0n) is 26.9. The van der Waals surface area contributed by atoms with Gasteiger partial charge >= 0.3 is 12.4 Å². The van der Waals surface area contributed by atoms with Crippen molar-refractivity contribution < 1.29 is 27.1 Å². The largest absolute Gasteiger partial charge is 0.573 e. The third-order valence-corrected chi connectivity index (χ3v) is 9.91. The normalized spacial score (nSPS) is 23.7. The van der Waals surface area contributed by atoms with Crippen molar-refractivity contribution in [3.63, 3.8) is 0 Å². The SMILES string of the molecule is CC(C)c1cc(F)ccc1N1/C(=N/C(=O)NC2CCCC2c2ccc(C3N=CN(c4ccc(OC(F)(F)F)cc4)N3)cc2)SCCC1C. The summed E-state index contributed by atoms with van der Waals surface area (Å²) >= 11 is 1.55. The number of hydrogen-bond donors (Lipinski definition) is 2. The molecule has 1 saturated carbocycles. The summed E-state index contributed by atoms with van der Waals surface area (Å²) in [6, 6.07) is 18.1. The molecular weight excluding hydrogens is 644 g/mol. The van der Waals surface area contributed by atoms with Crippen LogP contribution in [0.1, 0.15) is 81.1 Å². The molecule has 2 aliphatic heterocycles. The van der Waals surface area contributed by atoms with E-state index in [1.54, 1.807) is 35.2 Å². The Morgan fingerprint density at radius 3 is 2.48 bits per heavy atom. The van der Waals surface area contributed by atoms with Crippen molar-refractivity contribution in [2.45, 2.75) is 82.9 Å². The number of amides is 2. The highest BCUT2D eigenvalue weighted by Crippen LogP contribution is 2.37. The third-order valence-electron chi connectivity index (χ3n) is 8.93. The lowest BCUT2D eigenvalue weighted by Gasteiger charge is -2.37. The number of rotatable bonds is 7. The zero-order valence-corrected chi connectivity index (χ0v) is 27.7. The van der Waals surface area contributed by atoms with Crippen LogP contribution in [-0.4, -0.2) is 41.7 Å². The number of nitrogens with one attached hydrogen (secondary N) is 2. The molecule has 0 bridgehead atoms. The lowest BCUT2D eigenvalue weighted by molar-refractivity contribution is -0.274. The Morgan fingerprint density at radius 2 is 1.77 bits per heavy atom. The quantitative estimate of drug-likeness (QED) is 0.243. The van der Waals surface area contributed by atoms with Crippen LogP contribution in [0.5, 0.6) is 5.75 Å². The Labute approximate surface area is 281 Å². The van der Waals surface area contributed by atoms with Crippen LogP contribution < -0.4 is 25.4 Å². The maximum Gasteiger partial charge on any atom is 0.573 e. The fourth-order valence-electron chi connectivity index (χ4n) is 6.52. The van der Waals surface area contributed by atoms with Crippen LogP contribution in [-0.2, 0) is 0 Å². The van der Waals surface area contributed by atoms with Crippen LogP contribution in [0.15, 0.2) is 76.7 Å². The van der Waals surface area contributed by atoms with Crippen LogP contribution in [0.25, 0.3) is 0 Å². The molecule has 2 N–H and O–H groups in total. The van der Waals surface area contributed by atoms with Crippen molar-refractivity contribution in [2.75, 3.05) is 15.7 Å². The molecule has 3 aromatic carbocycles. The maximum absolute atomic E-state index is 14.2. The maximum atomic E-state index is 14.2. The van der Waals surface area contributed by atoms with Gasteiger partial charge in [-0.3, -0.25) is 5.01 Å². The van der Waals surface area contributed by atoms with E-state index in [0.717, 1.165) is 53.8 Å². The molecule has 4 atom stereocenters. The number of halogens is 4. The molecule has 1 saturated heterocycles. The molecule has 48 heavy (non-hydrogen) atoms. The Balaban J connectivity index is 1.10. The van der Waals surface area contributed by atoms with E-state index in [-0.39, 0.29) is 47.7 Å². The number of thioether (sulfide) groups is 1. The minimum atomic E-state index is -4.75. The molecular formula is C35H38F4N6O2S. The van der Waals surface area contributed by atoms with Gasteiger partial charge in [0.2, 0.25) is 0 Å². The molecule has 3 aliphatic rings. The van der Waals surface area contributed by atoms with Crippen molar-refractivity contribution in [1.29, 1.82) is 0 Å². The molecule has 2 heterocycles. The smallest absolute Gasteiger partial charge is 0.406 e. The van der Waals surface area contributed by atoms with Crippen molar-refractivity contribution in [3.05, 3.63) is 89.2 Å². The van der Waals surface area contributed by atoms with Crippen LogP contribution >= 0.6 is 11.8 Å². The van der Waals surface area contributed by atoms with E-state index in [4.69, 9.17) is 0 Å². The predicted octanol–water partition coefficient (Wildman–Crippen LogP) is 8.63. The number of amidine groups is 1. The van der Waals surface area contributed by atoms with Gasteiger partial charge in [-0.15, -0.1) is 13.2 Å². The molecule has 2 amide bonds. The Kier molecular flexibility index (Phi) is 9.98. The summed E-state index contributed by atoms with van der Waals surface area (Å²) < 4.78 is 55.6. The van der Waals surface area contributed by atoms with Crippen LogP contribution in [0.3, 0.4) is 0 Å². The van der Waals surface area contributed by atoms with Gasteiger partial charge in [0.25, 0.3) is 0 Å². The number of hydrazine groups is 1. The zero-order chi connectivity index (χ0) is 34.0. The van der Waals surface area contributed by atoms with Crippen molar-refractivity contribution >= 4 is 40.7 Å². The number of carbonyl (C=O) groups is 1. The van der Waals surface area contributed by atoms with Crippen LogP contribution in [0.2, 0.25) is 0 Å². The lowest BCUT2D eigenvalue weighted by atomic mass is 9.93. The lowest BCUT2D eigenvalue weighted by Crippen LogP contribution is -2.43. The highest BCUT2D eigenvalue weighted by Gasteiger charge is 2.33. The summed E-state index contributed by atoms with van der Waals surface area (Å²) in [6.07, 6.45) is 0.174. The third kappa shape index (κ3) is 7.78. The fourth-order valence-corrected chi connectivity index (χ4v) is 7.73. The minimum absolute atomic E-state index is 0.0633. The van der Waals surface area contributed by atoms with Crippen LogP contribution in [0, 0.1) is 5.82 Å². The van der Waals surface area contributed by atoms with E-state index in [1.165, 1.54) is 30.3 Å². The molecule has 4 unspecified atom stereocenters. The topological polar surface area (TPSA) is 81.6 Å². The average Bonchev–Trinajstić information content (AvgIpc) is 3.72. The predicted molar refractivity (Wildman–Crippen MR) is 182 cm³/mol. The van der Waals surface area contributed by atoms with Gasteiger partial charge in [-0.05, 0) is 91.3 Å². The molecule has 13 heteroatoms. The van der Waals surface area contributed by atoms with Gasteiger partial charge < -0.3 is 15.0 Å². The Bertz CT molecular complexity index is 1660. The molecule has 8 nitrogen and oxygen atoms in total. The average molecular weight is 683 g/mol. The van der Waals surface area contributed by atoms with Crippen molar-refractivity contribution in [2.24, 2.45) is 9.98 Å². The number of ether oxygens (including phenoxy) is 1. The second-order valence-electron chi connectivity index (χ2n) is 12.6. The Hall–Kier alpha value is -4.10. The second-order valence-corrected chi connectivity index (χ2v) is 13.6. The molecule has 3 aromatic rings. The number of carbonyl (C=O) groups excluding carboxylic acids is 1. The minimum Gasteiger partial charge on any atom is -0.406 e. The van der Waals surface area contributed by atoms with E-state index in [1.807, 2.05) is 26.0 Å². The number of urea groups is 1. The number of anilines is 2. The van der Waals surface area contributed by atoms with E-state index >= 15 is 0 Å². The summed E-state index contributed by atoms with van der Waals surface area (Å²) in [4.78, 5) is 24.5. The van der Waals surface area contributed by atoms with Gasteiger partial charge in [0.05, 0.1) is 5.69 Å². The first kappa shape index (κ1) is 33.8. The first-order valence-electron chi connectivity index (χ1n) is 16.1. The molecule has 1 aliphatic carbocycles. The molecule has 2 fully saturated rings. The second kappa shape index (κ2) is 14.2. The fraction of sp³-hybridized carbons (Fsp3) is 0.400. The van der Waals surface area contributed by atoms with Gasteiger partial charge in [-0.2, -0.15) is 10.4 Å². The van der Waals surface area contributed by atoms with E-state index in [9.17, 15) is 22.4 Å². The molecule has 0 radical (unpaired) electrons. The number of alkyl halides is 3. The first-order valence-corrected chi connectivity index (χ1v) is 17.1. The molecule has 6 rings (SSSR count). The Morgan fingerprint density at radius 1 is 1.04 bits per heavy atom. The number of aliphatic imine (C=N–C) groups is 2. The highest BCUT2D eigenvalue weighted by molar-refractivity contribution is 8.14. The summed E-state index contributed by atoms with van der Waals surface area (Å²) in [6.45, 7) is 6.17. The molecule has 0 spiro atoms.